The van der Waals surface area contributed by atoms with Gasteiger partial charge in [0.25, 0.3) is 0 Å². The highest BCUT2D eigenvalue weighted by molar-refractivity contribution is 9.10. The summed E-state index contributed by atoms with van der Waals surface area (Å²) in [5, 5.41) is 0. The van der Waals surface area contributed by atoms with Crippen molar-refractivity contribution in [3.63, 3.8) is 0 Å². The molecule has 1 saturated heterocycles. The van der Waals surface area contributed by atoms with E-state index in [9.17, 15) is 0 Å². The minimum atomic E-state index is 1.06. The average Bonchev–Trinajstić information content (AvgIpc) is 2.59. The zero-order valence-electron chi connectivity index (χ0n) is 13.8. The Balaban J connectivity index is 1.47. The molecule has 122 valence electrons. The maximum Gasteiger partial charge on any atom is 0.0234 e. The molecule has 0 aromatic heterocycles. The second-order valence-corrected chi connectivity index (χ2v) is 7.26. The molecule has 3 rings (SSSR count). The third-order valence-electron chi connectivity index (χ3n) is 4.62. The number of benzene rings is 2. The molecule has 0 saturated carbocycles. The molecule has 0 unspecified atom stereocenters. The number of aryl methyl sites for hydroxylation is 1. The van der Waals surface area contributed by atoms with E-state index in [0.29, 0.717) is 0 Å². The number of hydrogen-bond donors (Lipinski definition) is 0. The maximum absolute atomic E-state index is 3.50. The van der Waals surface area contributed by atoms with Crippen molar-refractivity contribution in [2.24, 2.45) is 0 Å². The fraction of sp³-hybridized carbons (Fsp3) is 0.400. The van der Waals surface area contributed by atoms with E-state index in [1.807, 2.05) is 0 Å². The molecule has 2 aromatic rings. The van der Waals surface area contributed by atoms with Gasteiger partial charge in [0.15, 0.2) is 0 Å². The number of rotatable bonds is 5. The van der Waals surface area contributed by atoms with E-state index in [4.69, 9.17) is 0 Å². The smallest absolute Gasteiger partial charge is 0.0234 e. The molecule has 1 fully saturated rings. The number of nitrogens with zero attached hydrogens (tertiary/aromatic N) is 2. The van der Waals surface area contributed by atoms with E-state index in [0.717, 1.165) is 50.2 Å². The first-order valence-corrected chi connectivity index (χ1v) is 9.29. The summed E-state index contributed by atoms with van der Waals surface area (Å²) in [4.78, 5) is 5.12. The highest BCUT2D eigenvalue weighted by Gasteiger charge is 2.17. The quantitative estimate of drug-likeness (QED) is 0.770. The lowest BCUT2D eigenvalue weighted by Gasteiger charge is -2.34. The van der Waals surface area contributed by atoms with E-state index in [1.54, 1.807) is 0 Å². The van der Waals surface area contributed by atoms with Crippen molar-refractivity contribution in [1.82, 2.24) is 9.80 Å². The summed E-state index contributed by atoms with van der Waals surface area (Å²) < 4.78 is 1.15. The molecule has 23 heavy (non-hydrogen) atoms. The molecular weight excluding hydrogens is 348 g/mol. The Morgan fingerprint density at radius 1 is 0.696 bits per heavy atom. The van der Waals surface area contributed by atoms with Crippen LogP contribution in [0.25, 0.3) is 0 Å². The molecular formula is C20H25BrN2. The monoisotopic (exact) mass is 372 g/mol. The Bertz CT molecular complexity index is 599. The van der Waals surface area contributed by atoms with E-state index >= 15 is 0 Å². The summed E-state index contributed by atoms with van der Waals surface area (Å²) in [6.07, 6.45) is 1.12. The molecule has 0 bridgehead atoms. The summed E-state index contributed by atoms with van der Waals surface area (Å²) >= 11 is 3.50. The van der Waals surface area contributed by atoms with Crippen LogP contribution < -0.4 is 0 Å². The predicted molar refractivity (Wildman–Crippen MR) is 101 cm³/mol. The van der Waals surface area contributed by atoms with E-state index in [2.05, 4.69) is 81.2 Å². The average molecular weight is 373 g/mol. The highest BCUT2D eigenvalue weighted by Crippen LogP contribution is 2.15. The molecule has 3 heteroatoms. The van der Waals surface area contributed by atoms with Crippen molar-refractivity contribution in [1.29, 1.82) is 0 Å². The third-order valence-corrected chi connectivity index (χ3v) is 5.15. The lowest BCUT2D eigenvalue weighted by Crippen LogP contribution is -2.45. The Morgan fingerprint density at radius 2 is 1.09 bits per heavy atom. The van der Waals surface area contributed by atoms with Crippen LogP contribution in [0.5, 0.6) is 0 Å². The minimum Gasteiger partial charge on any atom is -0.297 e. The topological polar surface area (TPSA) is 6.48 Å². The fourth-order valence-electron chi connectivity index (χ4n) is 3.09. The minimum absolute atomic E-state index is 1.06. The van der Waals surface area contributed by atoms with Gasteiger partial charge in [0.1, 0.15) is 0 Å². The maximum atomic E-state index is 3.50. The van der Waals surface area contributed by atoms with Crippen molar-refractivity contribution in [2.45, 2.75) is 26.4 Å². The van der Waals surface area contributed by atoms with Gasteiger partial charge in [-0.15, -0.1) is 0 Å². The molecule has 0 amide bonds. The highest BCUT2D eigenvalue weighted by atomic mass is 79.9. The van der Waals surface area contributed by atoms with Crippen molar-refractivity contribution < 1.29 is 0 Å². The van der Waals surface area contributed by atoms with Gasteiger partial charge in [0, 0.05) is 43.7 Å². The largest absolute Gasteiger partial charge is 0.297 e. The molecule has 1 aliphatic rings. The van der Waals surface area contributed by atoms with Gasteiger partial charge in [0.2, 0.25) is 0 Å². The number of halogens is 1. The molecule has 0 aliphatic carbocycles. The fourth-order valence-corrected chi connectivity index (χ4v) is 3.36. The van der Waals surface area contributed by atoms with Gasteiger partial charge < -0.3 is 0 Å². The summed E-state index contributed by atoms with van der Waals surface area (Å²) in [7, 11) is 0. The van der Waals surface area contributed by atoms with Crippen LogP contribution in [0.4, 0.5) is 0 Å². The van der Waals surface area contributed by atoms with E-state index in [1.165, 1.54) is 16.7 Å². The van der Waals surface area contributed by atoms with Crippen LogP contribution in [0, 0.1) is 0 Å². The van der Waals surface area contributed by atoms with Crippen LogP contribution in [-0.2, 0) is 19.5 Å². The second kappa shape index (κ2) is 8.09. The number of piperazine rings is 1. The van der Waals surface area contributed by atoms with Gasteiger partial charge >= 0.3 is 0 Å². The SMILES string of the molecule is CCc1ccc(CN2CCN(Cc3ccc(Br)cc3)CC2)cc1. The Hall–Kier alpha value is -1.16. The molecule has 2 aromatic carbocycles. The lowest BCUT2D eigenvalue weighted by molar-refractivity contribution is 0.122. The summed E-state index contributed by atoms with van der Waals surface area (Å²) in [6, 6.07) is 17.8. The van der Waals surface area contributed by atoms with Crippen LogP contribution in [0.15, 0.2) is 53.0 Å². The normalized spacial score (nSPS) is 16.6. The number of hydrogen-bond acceptors (Lipinski definition) is 2. The first-order chi connectivity index (χ1) is 11.2. The molecule has 0 atom stereocenters. The summed E-state index contributed by atoms with van der Waals surface area (Å²) in [5.74, 6) is 0. The van der Waals surface area contributed by atoms with Gasteiger partial charge in [-0.2, -0.15) is 0 Å². The summed E-state index contributed by atoms with van der Waals surface area (Å²) in [6.45, 7) is 8.98. The van der Waals surface area contributed by atoms with E-state index < -0.39 is 0 Å². The lowest BCUT2D eigenvalue weighted by atomic mass is 10.1. The zero-order chi connectivity index (χ0) is 16.1. The van der Waals surface area contributed by atoms with Crippen LogP contribution in [0.2, 0.25) is 0 Å². The molecule has 2 nitrogen and oxygen atoms in total. The van der Waals surface area contributed by atoms with Crippen molar-refractivity contribution >= 4 is 15.9 Å². The predicted octanol–water partition coefficient (Wildman–Crippen LogP) is 4.33. The Labute approximate surface area is 148 Å². The first-order valence-electron chi connectivity index (χ1n) is 8.50. The Kier molecular flexibility index (Phi) is 5.87. The van der Waals surface area contributed by atoms with Gasteiger partial charge in [-0.1, -0.05) is 59.3 Å². The zero-order valence-corrected chi connectivity index (χ0v) is 15.4. The standard InChI is InChI=1S/C20H25BrN2/c1-2-17-3-5-18(6-4-17)15-22-11-13-23(14-12-22)16-19-7-9-20(21)10-8-19/h3-10H,2,11-16H2,1H3. The van der Waals surface area contributed by atoms with Gasteiger partial charge in [-0.05, 0) is 35.2 Å². The third kappa shape index (κ3) is 4.90. The van der Waals surface area contributed by atoms with Crippen LogP contribution in [0.1, 0.15) is 23.6 Å². The molecule has 0 N–H and O–H groups in total. The Morgan fingerprint density at radius 3 is 1.52 bits per heavy atom. The van der Waals surface area contributed by atoms with Crippen LogP contribution in [-0.4, -0.2) is 36.0 Å². The molecule has 0 spiro atoms. The van der Waals surface area contributed by atoms with Gasteiger partial charge in [-0.3, -0.25) is 9.80 Å². The van der Waals surface area contributed by atoms with Crippen molar-refractivity contribution in [2.75, 3.05) is 26.2 Å². The summed E-state index contributed by atoms with van der Waals surface area (Å²) in [5.41, 5.74) is 4.26. The van der Waals surface area contributed by atoms with Gasteiger partial charge in [-0.25, -0.2) is 0 Å². The van der Waals surface area contributed by atoms with Crippen LogP contribution in [0.3, 0.4) is 0 Å². The van der Waals surface area contributed by atoms with Gasteiger partial charge in [0.05, 0.1) is 0 Å². The van der Waals surface area contributed by atoms with Crippen LogP contribution >= 0.6 is 15.9 Å². The first kappa shape index (κ1) is 16.7. The molecule has 1 heterocycles. The molecule has 1 aliphatic heterocycles. The van der Waals surface area contributed by atoms with Crippen molar-refractivity contribution in [3.8, 4) is 0 Å². The molecule has 0 radical (unpaired) electrons. The van der Waals surface area contributed by atoms with Crippen molar-refractivity contribution in [3.05, 3.63) is 69.7 Å². The second-order valence-electron chi connectivity index (χ2n) is 6.35. The van der Waals surface area contributed by atoms with E-state index in [-0.39, 0.29) is 0 Å².